The zero-order valence-corrected chi connectivity index (χ0v) is 14.7. The smallest absolute Gasteiger partial charge is 0.150 e. The van der Waals surface area contributed by atoms with Crippen LogP contribution in [0.15, 0.2) is 24.3 Å². The van der Waals surface area contributed by atoms with Gasteiger partial charge in [-0.05, 0) is 62.7 Å². The summed E-state index contributed by atoms with van der Waals surface area (Å²) in [5, 5.41) is 0. The largest absolute Gasteiger partial charge is 0.496 e. The molecular weight excluding hydrogens is 310 g/mol. The van der Waals surface area contributed by atoms with Crippen LogP contribution in [-0.4, -0.2) is 51.1 Å². The summed E-state index contributed by atoms with van der Waals surface area (Å²) in [7, 11) is -1.06. The predicted molar refractivity (Wildman–Crippen MR) is 92.8 cm³/mol. The summed E-state index contributed by atoms with van der Waals surface area (Å²) in [4.78, 5) is 2.52. The van der Waals surface area contributed by atoms with Crippen LogP contribution in [0.25, 0.3) is 0 Å². The molecule has 1 unspecified atom stereocenters. The normalized spacial score (nSPS) is 26.6. The van der Waals surface area contributed by atoms with Crippen molar-refractivity contribution in [3.05, 3.63) is 29.8 Å². The maximum absolute atomic E-state index is 11.8. The van der Waals surface area contributed by atoms with Gasteiger partial charge in [-0.2, -0.15) is 0 Å². The van der Waals surface area contributed by atoms with Gasteiger partial charge in [0.2, 0.25) is 0 Å². The first-order chi connectivity index (χ1) is 11.1. The molecule has 0 spiro atoms. The predicted octanol–water partition coefficient (Wildman–Crippen LogP) is 2.84. The van der Waals surface area contributed by atoms with Gasteiger partial charge >= 0.3 is 0 Å². The van der Waals surface area contributed by atoms with E-state index in [1.54, 1.807) is 7.11 Å². The number of ether oxygens (including phenoxy) is 1. The van der Waals surface area contributed by atoms with Crippen LogP contribution in [0, 0.1) is 0 Å². The van der Waals surface area contributed by atoms with Crippen molar-refractivity contribution < 1.29 is 13.2 Å². The summed E-state index contributed by atoms with van der Waals surface area (Å²) < 4.78 is 29.0. The lowest BCUT2D eigenvalue weighted by Crippen LogP contribution is -2.41. The number of methoxy groups -OCH3 is 1. The standard InChI is InChI=1S/C18H27NO3S/c1-22-18-7-3-2-6-17(18)15-8-11-19(12-9-15)16-5-4-13-23(20,21)14-10-16/h2-3,6-7,15-16H,4-5,8-14H2,1H3. The molecule has 5 heteroatoms. The highest BCUT2D eigenvalue weighted by molar-refractivity contribution is 7.91. The quantitative estimate of drug-likeness (QED) is 0.851. The summed E-state index contributed by atoms with van der Waals surface area (Å²) in [6.45, 7) is 2.13. The van der Waals surface area contributed by atoms with E-state index in [1.165, 1.54) is 5.56 Å². The lowest BCUT2D eigenvalue weighted by molar-refractivity contribution is 0.141. The van der Waals surface area contributed by atoms with Crippen molar-refractivity contribution in [3.8, 4) is 5.75 Å². The molecule has 3 rings (SSSR count). The molecule has 0 aromatic heterocycles. The Kier molecular flexibility index (Phi) is 5.27. The van der Waals surface area contributed by atoms with E-state index in [9.17, 15) is 8.42 Å². The van der Waals surface area contributed by atoms with E-state index >= 15 is 0 Å². The topological polar surface area (TPSA) is 46.6 Å². The number of likely N-dealkylation sites (tertiary alicyclic amines) is 1. The number of rotatable bonds is 3. The van der Waals surface area contributed by atoms with E-state index < -0.39 is 9.84 Å². The van der Waals surface area contributed by atoms with Crippen molar-refractivity contribution in [1.82, 2.24) is 4.90 Å². The van der Waals surface area contributed by atoms with Crippen LogP contribution in [0.2, 0.25) is 0 Å². The van der Waals surface area contributed by atoms with Crippen LogP contribution in [0.5, 0.6) is 5.75 Å². The van der Waals surface area contributed by atoms with Crippen LogP contribution in [0.3, 0.4) is 0 Å². The highest BCUT2D eigenvalue weighted by Gasteiger charge is 2.29. The molecule has 2 aliphatic heterocycles. The molecule has 2 aliphatic rings. The van der Waals surface area contributed by atoms with E-state index in [-0.39, 0.29) is 0 Å². The highest BCUT2D eigenvalue weighted by atomic mass is 32.2. The van der Waals surface area contributed by atoms with Gasteiger partial charge in [-0.3, -0.25) is 0 Å². The SMILES string of the molecule is COc1ccccc1C1CCN(C2CCCS(=O)(=O)CC2)CC1. The first-order valence-corrected chi connectivity index (χ1v) is 10.5. The van der Waals surface area contributed by atoms with Crippen LogP contribution < -0.4 is 4.74 Å². The van der Waals surface area contributed by atoms with Crippen LogP contribution in [0.1, 0.15) is 43.6 Å². The van der Waals surface area contributed by atoms with Crippen molar-refractivity contribution in [1.29, 1.82) is 0 Å². The van der Waals surface area contributed by atoms with Crippen molar-refractivity contribution in [2.75, 3.05) is 31.7 Å². The summed E-state index contributed by atoms with van der Waals surface area (Å²) in [6, 6.07) is 8.77. The Balaban J connectivity index is 1.60. The monoisotopic (exact) mass is 337 g/mol. The van der Waals surface area contributed by atoms with E-state index in [4.69, 9.17) is 4.74 Å². The number of sulfone groups is 1. The number of piperidine rings is 1. The fourth-order valence-corrected chi connectivity index (χ4v) is 5.49. The third-order valence-electron chi connectivity index (χ3n) is 5.38. The Morgan fingerprint density at radius 2 is 1.78 bits per heavy atom. The number of para-hydroxylation sites is 1. The number of benzene rings is 1. The van der Waals surface area contributed by atoms with Gasteiger partial charge in [0.25, 0.3) is 0 Å². The van der Waals surface area contributed by atoms with E-state index in [1.807, 2.05) is 12.1 Å². The Morgan fingerprint density at radius 3 is 2.52 bits per heavy atom. The molecule has 4 nitrogen and oxygen atoms in total. The Morgan fingerprint density at radius 1 is 1.04 bits per heavy atom. The third-order valence-corrected chi connectivity index (χ3v) is 7.15. The molecule has 0 saturated carbocycles. The van der Waals surface area contributed by atoms with Gasteiger partial charge in [0, 0.05) is 6.04 Å². The minimum absolute atomic E-state index is 0.365. The molecule has 128 valence electrons. The van der Waals surface area contributed by atoms with Gasteiger partial charge in [0.1, 0.15) is 15.6 Å². The van der Waals surface area contributed by atoms with E-state index in [0.29, 0.717) is 23.5 Å². The Bertz CT molecular complexity index is 621. The maximum Gasteiger partial charge on any atom is 0.150 e. The van der Waals surface area contributed by atoms with Gasteiger partial charge in [0.15, 0.2) is 0 Å². The molecule has 0 N–H and O–H groups in total. The lowest BCUT2D eigenvalue weighted by atomic mass is 9.87. The minimum Gasteiger partial charge on any atom is -0.496 e. The molecule has 2 heterocycles. The minimum atomic E-state index is -2.80. The Hall–Kier alpha value is -1.07. The van der Waals surface area contributed by atoms with Crippen molar-refractivity contribution in [2.24, 2.45) is 0 Å². The van der Waals surface area contributed by atoms with Gasteiger partial charge in [-0.15, -0.1) is 0 Å². The fraction of sp³-hybridized carbons (Fsp3) is 0.667. The van der Waals surface area contributed by atoms with Gasteiger partial charge in [-0.25, -0.2) is 8.42 Å². The second kappa shape index (κ2) is 7.22. The summed E-state index contributed by atoms with van der Waals surface area (Å²) in [5.74, 6) is 2.29. The average Bonchev–Trinajstić information content (AvgIpc) is 2.76. The number of hydrogen-bond donors (Lipinski definition) is 0. The molecule has 0 radical (unpaired) electrons. The first-order valence-electron chi connectivity index (χ1n) is 8.66. The Labute approximate surface area is 139 Å². The average molecular weight is 337 g/mol. The summed E-state index contributed by atoms with van der Waals surface area (Å²) in [6.07, 6.45) is 4.91. The second-order valence-electron chi connectivity index (χ2n) is 6.79. The molecule has 2 fully saturated rings. The zero-order valence-electron chi connectivity index (χ0n) is 13.9. The van der Waals surface area contributed by atoms with E-state index in [0.717, 1.165) is 50.9 Å². The van der Waals surface area contributed by atoms with Crippen molar-refractivity contribution in [3.63, 3.8) is 0 Å². The van der Waals surface area contributed by atoms with E-state index in [2.05, 4.69) is 17.0 Å². The molecule has 0 amide bonds. The molecule has 1 atom stereocenters. The van der Waals surface area contributed by atoms with Gasteiger partial charge < -0.3 is 9.64 Å². The third kappa shape index (κ3) is 4.07. The van der Waals surface area contributed by atoms with Crippen molar-refractivity contribution in [2.45, 2.75) is 44.1 Å². The first kappa shape index (κ1) is 16.8. The highest BCUT2D eigenvalue weighted by Crippen LogP contribution is 2.35. The van der Waals surface area contributed by atoms with Crippen LogP contribution in [-0.2, 0) is 9.84 Å². The molecule has 1 aromatic rings. The van der Waals surface area contributed by atoms with Crippen molar-refractivity contribution >= 4 is 9.84 Å². The molecule has 2 saturated heterocycles. The number of nitrogens with zero attached hydrogens (tertiary/aromatic N) is 1. The molecule has 1 aromatic carbocycles. The summed E-state index contributed by atoms with van der Waals surface area (Å²) >= 11 is 0. The molecular formula is C18H27NO3S. The second-order valence-corrected chi connectivity index (χ2v) is 9.09. The van der Waals surface area contributed by atoms with Crippen LogP contribution in [0.4, 0.5) is 0 Å². The van der Waals surface area contributed by atoms with Crippen LogP contribution >= 0.6 is 0 Å². The van der Waals surface area contributed by atoms with Gasteiger partial charge in [0.05, 0.1) is 18.6 Å². The fourth-order valence-electron chi connectivity index (χ4n) is 4.05. The molecule has 0 bridgehead atoms. The maximum atomic E-state index is 11.8. The van der Waals surface area contributed by atoms with Gasteiger partial charge in [-0.1, -0.05) is 18.2 Å². The molecule has 23 heavy (non-hydrogen) atoms. The summed E-state index contributed by atoms with van der Waals surface area (Å²) in [5.41, 5.74) is 1.32. The number of hydrogen-bond acceptors (Lipinski definition) is 4. The zero-order chi connectivity index (χ0) is 16.3. The lowest BCUT2D eigenvalue weighted by Gasteiger charge is -2.37. The molecule has 0 aliphatic carbocycles.